The SMILES string of the molecule is CC(Cc1c(F)cccc1F)NCc1cccc(F)c1. The molecule has 0 saturated carbocycles. The van der Waals surface area contributed by atoms with Crippen LogP contribution >= 0.6 is 0 Å². The highest BCUT2D eigenvalue weighted by molar-refractivity contribution is 5.21. The maximum absolute atomic E-state index is 13.5. The molecule has 0 aliphatic carbocycles. The van der Waals surface area contributed by atoms with Gasteiger partial charge < -0.3 is 5.32 Å². The molecular weight excluding hydrogens is 263 g/mol. The summed E-state index contributed by atoms with van der Waals surface area (Å²) in [6.45, 7) is 2.29. The van der Waals surface area contributed by atoms with Crippen LogP contribution in [0.3, 0.4) is 0 Å². The van der Waals surface area contributed by atoms with Crippen LogP contribution in [0.25, 0.3) is 0 Å². The van der Waals surface area contributed by atoms with E-state index in [0.717, 1.165) is 5.56 Å². The van der Waals surface area contributed by atoms with Crippen molar-refractivity contribution in [3.8, 4) is 0 Å². The van der Waals surface area contributed by atoms with E-state index in [0.29, 0.717) is 6.54 Å². The summed E-state index contributed by atoms with van der Waals surface area (Å²) in [6, 6.07) is 9.96. The summed E-state index contributed by atoms with van der Waals surface area (Å²) in [7, 11) is 0. The Hall–Kier alpha value is -1.81. The van der Waals surface area contributed by atoms with Crippen molar-refractivity contribution in [1.29, 1.82) is 0 Å². The van der Waals surface area contributed by atoms with Gasteiger partial charge in [0.15, 0.2) is 0 Å². The van der Waals surface area contributed by atoms with Crippen molar-refractivity contribution in [1.82, 2.24) is 5.32 Å². The van der Waals surface area contributed by atoms with Crippen molar-refractivity contribution >= 4 is 0 Å². The van der Waals surface area contributed by atoms with E-state index in [1.807, 2.05) is 6.92 Å². The minimum atomic E-state index is -0.538. The first-order valence-corrected chi connectivity index (χ1v) is 6.47. The molecule has 106 valence electrons. The lowest BCUT2D eigenvalue weighted by Gasteiger charge is -2.15. The quantitative estimate of drug-likeness (QED) is 0.877. The molecule has 0 radical (unpaired) electrons. The summed E-state index contributed by atoms with van der Waals surface area (Å²) in [5.41, 5.74) is 0.873. The van der Waals surface area contributed by atoms with Gasteiger partial charge in [0.05, 0.1) is 0 Å². The molecular formula is C16H16F3N. The Kier molecular flexibility index (Phi) is 4.79. The lowest BCUT2D eigenvalue weighted by molar-refractivity contribution is 0.498. The largest absolute Gasteiger partial charge is 0.310 e. The number of benzene rings is 2. The van der Waals surface area contributed by atoms with Gasteiger partial charge in [0.1, 0.15) is 17.5 Å². The van der Waals surface area contributed by atoms with Crippen LogP contribution in [0.15, 0.2) is 42.5 Å². The molecule has 1 atom stereocenters. The summed E-state index contributed by atoms with van der Waals surface area (Å²) in [6.07, 6.45) is 0.244. The van der Waals surface area contributed by atoms with Gasteiger partial charge in [0.2, 0.25) is 0 Å². The molecule has 0 saturated heterocycles. The molecule has 2 aromatic carbocycles. The van der Waals surface area contributed by atoms with Crippen LogP contribution in [-0.2, 0) is 13.0 Å². The van der Waals surface area contributed by atoms with Crippen LogP contribution < -0.4 is 5.32 Å². The molecule has 0 aliphatic rings. The summed E-state index contributed by atoms with van der Waals surface area (Å²) in [5.74, 6) is -1.37. The monoisotopic (exact) mass is 279 g/mol. The van der Waals surface area contributed by atoms with E-state index >= 15 is 0 Å². The Morgan fingerprint density at radius 3 is 2.30 bits per heavy atom. The van der Waals surface area contributed by atoms with Gasteiger partial charge in [0, 0.05) is 18.2 Å². The van der Waals surface area contributed by atoms with E-state index in [1.54, 1.807) is 12.1 Å². The lowest BCUT2D eigenvalue weighted by atomic mass is 10.1. The van der Waals surface area contributed by atoms with Crippen LogP contribution in [0, 0.1) is 17.5 Å². The molecule has 0 heterocycles. The Morgan fingerprint density at radius 2 is 1.65 bits per heavy atom. The normalized spacial score (nSPS) is 12.4. The van der Waals surface area contributed by atoms with Gasteiger partial charge in [-0.3, -0.25) is 0 Å². The summed E-state index contributed by atoms with van der Waals surface area (Å²) in [4.78, 5) is 0. The Balaban J connectivity index is 1.94. The minimum absolute atomic E-state index is 0.0757. The molecule has 0 amide bonds. The Morgan fingerprint density at radius 1 is 1.00 bits per heavy atom. The summed E-state index contributed by atoms with van der Waals surface area (Å²) in [5, 5.41) is 3.13. The van der Waals surface area contributed by atoms with Gasteiger partial charge in [-0.15, -0.1) is 0 Å². The van der Waals surface area contributed by atoms with Crippen LogP contribution in [-0.4, -0.2) is 6.04 Å². The maximum Gasteiger partial charge on any atom is 0.129 e. The zero-order chi connectivity index (χ0) is 14.5. The molecule has 0 aromatic heterocycles. The number of nitrogens with one attached hydrogen (secondary N) is 1. The van der Waals surface area contributed by atoms with E-state index in [1.165, 1.54) is 30.3 Å². The molecule has 0 fully saturated rings. The van der Waals surface area contributed by atoms with Crippen molar-refractivity contribution in [3.63, 3.8) is 0 Å². The third-order valence-electron chi connectivity index (χ3n) is 3.12. The first-order valence-electron chi connectivity index (χ1n) is 6.47. The minimum Gasteiger partial charge on any atom is -0.310 e. The number of hydrogen-bond acceptors (Lipinski definition) is 1. The van der Waals surface area contributed by atoms with E-state index in [9.17, 15) is 13.2 Å². The fourth-order valence-corrected chi connectivity index (χ4v) is 2.04. The fraction of sp³-hybridized carbons (Fsp3) is 0.250. The molecule has 0 bridgehead atoms. The zero-order valence-electron chi connectivity index (χ0n) is 11.2. The second kappa shape index (κ2) is 6.57. The van der Waals surface area contributed by atoms with Crippen molar-refractivity contribution in [2.24, 2.45) is 0 Å². The van der Waals surface area contributed by atoms with Gasteiger partial charge in [-0.05, 0) is 43.2 Å². The van der Waals surface area contributed by atoms with Gasteiger partial charge >= 0.3 is 0 Å². The highest BCUT2D eigenvalue weighted by atomic mass is 19.1. The predicted octanol–water partition coefficient (Wildman–Crippen LogP) is 3.82. The number of hydrogen-bond donors (Lipinski definition) is 1. The topological polar surface area (TPSA) is 12.0 Å². The maximum atomic E-state index is 13.5. The van der Waals surface area contributed by atoms with Crippen molar-refractivity contribution in [2.75, 3.05) is 0 Å². The van der Waals surface area contributed by atoms with Gasteiger partial charge in [-0.2, -0.15) is 0 Å². The first kappa shape index (κ1) is 14.6. The smallest absolute Gasteiger partial charge is 0.129 e. The van der Waals surface area contributed by atoms with E-state index < -0.39 is 11.6 Å². The van der Waals surface area contributed by atoms with E-state index in [4.69, 9.17) is 0 Å². The summed E-state index contributed by atoms with van der Waals surface area (Å²) < 4.78 is 40.0. The van der Waals surface area contributed by atoms with E-state index in [2.05, 4.69) is 5.32 Å². The molecule has 2 rings (SSSR count). The molecule has 0 spiro atoms. The highest BCUT2D eigenvalue weighted by Gasteiger charge is 2.12. The van der Waals surface area contributed by atoms with Crippen molar-refractivity contribution < 1.29 is 13.2 Å². The lowest BCUT2D eigenvalue weighted by Crippen LogP contribution is -2.28. The van der Waals surface area contributed by atoms with Crippen LogP contribution in [0.2, 0.25) is 0 Å². The van der Waals surface area contributed by atoms with Crippen molar-refractivity contribution in [3.05, 3.63) is 71.0 Å². The van der Waals surface area contributed by atoms with Gasteiger partial charge in [-0.1, -0.05) is 18.2 Å². The van der Waals surface area contributed by atoms with Crippen molar-refractivity contribution in [2.45, 2.75) is 25.9 Å². The van der Waals surface area contributed by atoms with Gasteiger partial charge in [-0.25, -0.2) is 13.2 Å². The second-order valence-corrected chi connectivity index (χ2v) is 4.82. The Bertz CT molecular complexity index is 563. The molecule has 0 aliphatic heterocycles. The van der Waals surface area contributed by atoms with E-state index in [-0.39, 0.29) is 23.8 Å². The standard InChI is InChI=1S/C16H16F3N/c1-11(8-14-15(18)6-3-7-16(14)19)20-10-12-4-2-5-13(17)9-12/h2-7,9,11,20H,8,10H2,1H3. The second-order valence-electron chi connectivity index (χ2n) is 4.82. The summed E-state index contributed by atoms with van der Waals surface area (Å²) >= 11 is 0. The Labute approximate surface area is 116 Å². The molecule has 1 nitrogen and oxygen atoms in total. The fourth-order valence-electron chi connectivity index (χ4n) is 2.04. The van der Waals surface area contributed by atoms with Crippen LogP contribution in [0.5, 0.6) is 0 Å². The predicted molar refractivity (Wildman–Crippen MR) is 72.8 cm³/mol. The molecule has 4 heteroatoms. The number of rotatable bonds is 5. The highest BCUT2D eigenvalue weighted by Crippen LogP contribution is 2.14. The molecule has 2 aromatic rings. The first-order chi connectivity index (χ1) is 9.56. The molecule has 1 N–H and O–H groups in total. The van der Waals surface area contributed by atoms with Gasteiger partial charge in [0.25, 0.3) is 0 Å². The molecule has 20 heavy (non-hydrogen) atoms. The average molecular weight is 279 g/mol. The van der Waals surface area contributed by atoms with Crippen LogP contribution in [0.4, 0.5) is 13.2 Å². The third-order valence-corrected chi connectivity index (χ3v) is 3.12. The third kappa shape index (κ3) is 3.84. The molecule has 1 unspecified atom stereocenters. The number of halogens is 3. The average Bonchev–Trinajstić information content (AvgIpc) is 2.41. The zero-order valence-corrected chi connectivity index (χ0v) is 11.2. The van der Waals surface area contributed by atoms with Crippen LogP contribution in [0.1, 0.15) is 18.1 Å².